The molecule has 0 saturated carbocycles. The molecular weight excluding hydrogens is 260 g/mol. The van der Waals surface area contributed by atoms with Gasteiger partial charge in [0.1, 0.15) is 6.23 Å². The first-order valence-electron chi connectivity index (χ1n) is 8.39. The lowest BCUT2D eigenvalue weighted by Crippen LogP contribution is -2.49. The van der Waals surface area contributed by atoms with E-state index in [0.29, 0.717) is 6.54 Å². The third-order valence-corrected chi connectivity index (χ3v) is 5.02. The van der Waals surface area contributed by atoms with Gasteiger partial charge in [0.2, 0.25) is 0 Å². The third kappa shape index (κ3) is 4.06. The van der Waals surface area contributed by atoms with Crippen LogP contribution in [0.25, 0.3) is 0 Å². The molecule has 1 fully saturated rings. The Morgan fingerprint density at radius 3 is 2.43 bits per heavy atom. The summed E-state index contributed by atoms with van der Waals surface area (Å²) >= 11 is 0. The highest BCUT2D eigenvalue weighted by atomic mass is 16.3. The van der Waals surface area contributed by atoms with Crippen molar-refractivity contribution in [2.45, 2.75) is 57.1 Å². The molecule has 1 unspecified atom stereocenters. The number of rotatable bonds is 7. The Morgan fingerprint density at radius 1 is 1.19 bits per heavy atom. The van der Waals surface area contributed by atoms with Crippen molar-refractivity contribution in [3.8, 4) is 0 Å². The van der Waals surface area contributed by atoms with E-state index < -0.39 is 0 Å². The summed E-state index contributed by atoms with van der Waals surface area (Å²) in [4.78, 5) is 2.23. The van der Waals surface area contributed by atoms with Crippen molar-refractivity contribution >= 4 is 0 Å². The van der Waals surface area contributed by atoms with E-state index in [0.717, 1.165) is 38.8 Å². The summed E-state index contributed by atoms with van der Waals surface area (Å²) in [5.41, 5.74) is 7.56. The van der Waals surface area contributed by atoms with Gasteiger partial charge in [-0.05, 0) is 31.2 Å². The minimum atomic E-state index is -0.275. The lowest BCUT2D eigenvalue weighted by Gasteiger charge is -2.43. The highest BCUT2D eigenvalue weighted by Gasteiger charge is 2.36. The molecule has 1 aromatic rings. The summed E-state index contributed by atoms with van der Waals surface area (Å²) in [7, 11) is 0. The number of nitrogens with zero attached hydrogens (tertiary/aromatic N) is 1. The van der Waals surface area contributed by atoms with Crippen LogP contribution in [0.1, 0.15) is 51.0 Å². The maximum Gasteiger partial charge on any atom is 0.107 e. The highest BCUT2D eigenvalue weighted by molar-refractivity contribution is 5.26. The second kappa shape index (κ2) is 7.92. The summed E-state index contributed by atoms with van der Waals surface area (Å²) < 4.78 is 0. The second-order valence-corrected chi connectivity index (χ2v) is 6.36. The van der Waals surface area contributed by atoms with E-state index in [-0.39, 0.29) is 11.6 Å². The number of unbranched alkanes of at least 4 members (excludes halogenated alkanes) is 2. The van der Waals surface area contributed by atoms with E-state index in [2.05, 4.69) is 42.2 Å². The average molecular weight is 290 g/mol. The van der Waals surface area contributed by atoms with Crippen LogP contribution in [0.5, 0.6) is 0 Å². The molecular formula is C18H30N2O. The minimum absolute atomic E-state index is 0.0981. The van der Waals surface area contributed by atoms with Crippen LogP contribution in [0.2, 0.25) is 0 Å². The normalized spacial score (nSPS) is 20.3. The number of likely N-dealkylation sites (tertiary alicyclic amines) is 1. The van der Waals surface area contributed by atoms with E-state index in [1.807, 2.05) is 0 Å². The number of hydrogen-bond acceptors (Lipinski definition) is 3. The Morgan fingerprint density at radius 2 is 1.86 bits per heavy atom. The van der Waals surface area contributed by atoms with Crippen LogP contribution in [-0.4, -0.2) is 35.9 Å². The maximum absolute atomic E-state index is 10.3. The first kappa shape index (κ1) is 16.5. The molecule has 21 heavy (non-hydrogen) atoms. The smallest absolute Gasteiger partial charge is 0.107 e. The van der Waals surface area contributed by atoms with Crippen molar-refractivity contribution in [1.82, 2.24) is 4.90 Å². The first-order valence-corrected chi connectivity index (χ1v) is 8.39. The van der Waals surface area contributed by atoms with Gasteiger partial charge in [0.25, 0.3) is 0 Å². The predicted octanol–water partition coefficient (Wildman–Crippen LogP) is 2.88. The van der Waals surface area contributed by atoms with Crippen LogP contribution in [0, 0.1) is 0 Å². The zero-order valence-corrected chi connectivity index (χ0v) is 13.3. The number of aliphatic hydroxyl groups excluding tert-OH is 1. The summed E-state index contributed by atoms with van der Waals surface area (Å²) in [6, 6.07) is 10.6. The van der Waals surface area contributed by atoms with Crippen LogP contribution < -0.4 is 5.73 Å². The molecule has 118 valence electrons. The van der Waals surface area contributed by atoms with Crippen molar-refractivity contribution in [2.24, 2.45) is 5.73 Å². The molecule has 1 aliphatic heterocycles. The zero-order valence-electron chi connectivity index (χ0n) is 13.3. The molecule has 3 heteroatoms. The fourth-order valence-electron chi connectivity index (χ4n) is 3.41. The van der Waals surface area contributed by atoms with Gasteiger partial charge < -0.3 is 10.8 Å². The van der Waals surface area contributed by atoms with Gasteiger partial charge >= 0.3 is 0 Å². The summed E-state index contributed by atoms with van der Waals surface area (Å²) in [5, 5.41) is 10.3. The van der Waals surface area contributed by atoms with Crippen LogP contribution in [0.4, 0.5) is 0 Å². The Labute approximate surface area is 129 Å². The van der Waals surface area contributed by atoms with Crippen molar-refractivity contribution in [1.29, 1.82) is 0 Å². The SMILES string of the molecule is CCCCCC(O)N1CCC(CN)(c2ccccc2)CC1. The summed E-state index contributed by atoms with van der Waals surface area (Å²) in [5.74, 6) is 0. The minimum Gasteiger partial charge on any atom is -0.378 e. The van der Waals surface area contributed by atoms with E-state index in [1.165, 1.54) is 18.4 Å². The molecule has 0 radical (unpaired) electrons. The monoisotopic (exact) mass is 290 g/mol. The van der Waals surface area contributed by atoms with Crippen LogP contribution in [0.15, 0.2) is 30.3 Å². The van der Waals surface area contributed by atoms with Crippen molar-refractivity contribution in [3.05, 3.63) is 35.9 Å². The molecule has 1 saturated heterocycles. The molecule has 1 aromatic carbocycles. The van der Waals surface area contributed by atoms with Gasteiger partial charge in [-0.25, -0.2) is 0 Å². The first-order chi connectivity index (χ1) is 10.2. The van der Waals surface area contributed by atoms with Gasteiger partial charge in [-0.2, -0.15) is 0 Å². The average Bonchev–Trinajstić information content (AvgIpc) is 2.56. The van der Waals surface area contributed by atoms with Gasteiger partial charge in [0.15, 0.2) is 0 Å². The number of hydrogen-bond donors (Lipinski definition) is 2. The van der Waals surface area contributed by atoms with Crippen LogP contribution >= 0.6 is 0 Å². The van der Waals surface area contributed by atoms with Gasteiger partial charge in [0, 0.05) is 25.0 Å². The lowest BCUT2D eigenvalue weighted by atomic mass is 9.73. The molecule has 1 atom stereocenters. The maximum atomic E-state index is 10.3. The van der Waals surface area contributed by atoms with Gasteiger partial charge in [-0.1, -0.05) is 50.1 Å². The predicted molar refractivity (Wildman–Crippen MR) is 88.1 cm³/mol. The Kier molecular flexibility index (Phi) is 6.22. The lowest BCUT2D eigenvalue weighted by molar-refractivity contribution is -0.0272. The van der Waals surface area contributed by atoms with Gasteiger partial charge in [-0.15, -0.1) is 0 Å². The number of aliphatic hydroxyl groups is 1. The van der Waals surface area contributed by atoms with E-state index >= 15 is 0 Å². The van der Waals surface area contributed by atoms with E-state index in [1.54, 1.807) is 0 Å². The fourth-order valence-corrected chi connectivity index (χ4v) is 3.41. The zero-order chi connectivity index (χ0) is 15.1. The van der Waals surface area contributed by atoms with E-state index in [9.17, 15) is 5.11 Å². The molecule has 2 rings (SSSR count). The van der Waals surface area contributed by atoms with Gasteiger partial charge in [-0.3, -0.25) is 4.90 Å². The van der Waals surface area contributed by atoms with Crippen LogP contribution in [0.3, 0.4) is 0 Å². The second-order valence-electron chi connectivity index (χ2n) is 6.36. The molecule has 0 spiro atoms. The van der Waals surface area contributed by atoms with E-state index in [4.69, 9.17) is 5.73 Å². The number of nitrogens with two attached hydrogens (primary N) is 1. The standard InChI is InChI=1S/C18H30N2O/c1-2-3-5-10-17(21)20-13-11-18(15-19,12-14-20)16-8-6-4-7-9-16/h4,6-9,17,21H,2-3,5,10-15,19H2,1H3. The quantitative estimate of drug-likeness (QED) is 0.759. The third-order valence-electron chi connectivity index (χ3n) is 5.02. The molecule has 1 heterocycles. The van der Waals surface area contributed by atoms with Gasteiger partial charge in [0.05, 0.1) is 0 Å². The molecule has 0 aromatic heterocycles. The van der Waals surface area contributed by atoms with Crippen molar-refractivity contribution < 1.29 is 5.11 Å². The number of piperidine rings is 1. The fraction of sp³-hybridized carbons (Fsp3) is 0.667. The molecule has 1 aliphatic rings. The highest BCUT2D eigenvalue weighted by Crippen LogP contribution is 2.35. The topological polar surface area (TPSA) is 49.5 Å². The summed E-state index contributed by atoms with van der Waals surface area (Å²) in [6.07, 6.45) is 6.24. The van der Waals surface area contributed by atoms with Crippen LogP contribution in [-0.2, 0) is 5.41 Å². The van der Waals surface area contributed by atoms with Crippen molar-refractivity contribution in [3.63, 3.8) is 0 Å². The molecule has 0 aliphatic carbocycles. The largest absolute Gasteiger partial charge is 0.378 e. The Bertz CT molecular complexity index is 399. The Hall–Kier alpha value is -0.900. The molecule has 3 N–H and O–H groups in total. The molecule has 0 bridgehead atoms. The van der Waals surface area contributed by atoms with Crippen molar-refractivity contribution in [2.75, 3.05) is 19.6 Å². The Balaban J connectivity index is 1.92. The molecule has 0 amide bonds. The molecule has 3 nitrogen and oxygen atoms in total. The number of benzene rings is 1. The summed E-state index contributed by atoms with van der Waals surface area (Å²) in [6.45, 7) is 4.78.